The van der Waals surface area contributed by atoms with E-state index in [9.17, 15) is 14.3 Å². The van der Waals surface area contributed by atoms with Crippen molar-refractivity contribution in [3.8, 4) is 11.3 Å². The first-order chi connectivity index (χ1) is 15.2. The Labute approximate surface area is 184 Å². The molecule has 4 aromatic rings. The number of nitrogens with zero attached hydrogens (tertiary/aromatic N) is 3. The summed E-state index contributed by atoms with van der Waals surface area (Å²) in [7, 11) is 0. The van der Waals surface area contributed by atoms with Crippen molar-refractivity contribution in [3.05, 3.63) is 76.6 Å². The van der Waals surface area contributed by atoms with Crippen molar-refractivity contribution in [1.82, 2.24) is 14.4 Å². The molecule has 0 saturated carbocycles. The topological polar surface area (TPSA) is 106 Å². The molecule has 4 rings (SSSR count). The van der Waals surface area contributed by atoms with E-state index >= 15 is 0 Å². The Kier molecular flexibility index (Phi) is 5.40. The highest BCUT2D eigenvalue weighted by Crippen LogP contribution is 2.33. The number of aromatic nitrogens is 3. The second-order valence-electron chi connectivity index (χ2n) is 7.84. The van der Waals surface area contributed by atoms with Crippen LogP contribution >= 0.6 is 0 Å². The Bertz CT molecular complexity index is 1360. The third kappa shape index (κ3) is 3.69. The van der Waals surface area contributed by atoms with Crippen LogP contribution in [0.5, 0.6) is 0 Å². The van der Waals surface area contributed by atoms with E-state index in [4.69, 9.17) is 10.7 Å². The van der Waals surface area contributed by atoms with Gasteiger partial charge in [-0.2, -0.15) is 0 Å². The standard InChI is InChI=1S/C24H24FN5O2/c1-12-10-18(29-24(32)22(31)16-6-5-7-17(25)11-16)8-9-19(12)20-21-23(26)27-13(2)14(3)30(21)15(4)28-20/h5-11,22,31H,1-4H3,(H2,26,27)(H,29,32)/t22-/m1/s1. The molecule has 8 heteroatoms. The summed E-state index contributed by atoms with van der Waals surface area (Å²) in [6, 6.07) is 10.7. The number of rotatable bonds is 4. The maximum absolute atomic E-state index is 13.4. The minimum atomic E-state index is -1.48. The average molecular weight is 433 g/mol. The number of aliphatic hydroxyl groups is 1. The van der Waals surface area contributed by atoms with Gasteiger partial charge in [-0.15, -0.1) is 0 Å². The van der Waals surface area contributed by atoms with Gasteiger partial charge in [0.1, 0.15) is 28.7 Å². The first-order valence-corrected chi connectivity index (χ1v) is 10.1. The molecule has 7 nitrogen and oxygen atoms in total. The van der Waals surface area contributed by atoms with E-state index in [0.717, 1.165) is 39.9 Å². The van der Waals surface area contributed by atoms with Gasteiger partial charge in [0.15, 0.2) is 6.10 Å². The van der Waals surface area contributed by atoms with Crippen molar-refractivity contribution in [1.29, 1.82) is 0 Å². The first kappa shape index (κ1) is 21.5. The van der Waals surface area contributed by atoms with E-state index in [-0.39, 0.29) is 5.56 Å². The van der Waals surface area contributed by atoms with E-state index in [1.165, 1.54) is 18.2 Å². The zero-order valence-corrected chi connectivity index (χ0v) is 18.3. The number of nitrogen functional groups attached to an aromatic ring is 1. The van der Waals surface area contributed by atoms with Gasteiger partial charge in [-0.25, -0.2) is 14.4 Å². The van der Waals surface area contributed by atoms with Crippen molar-refractivity contribution in [2.75, 3.05) is 11.1 Å². The molecule has 0 radical (unpaired) electrons. The monoisotopic (exact) mass is 433 g/mol. The van der Waals surface area contributed by atoms with Crippen LogP contribution < -0.4 is 11.1 Å². The maximum Gasteiger partial charge on any atom is 0.257 e. The molecular weight excluding hydrogens is 409 g/mol. The van der Waals surface area contributed by atoms with Gasteiger partial charge >= 0.3 is 0 Å². The number of nitrogens with two attached hydrogens (primary N) is 1. The predicted molar refractivity (Wildman–Crippen MR) is 122 cm³/mol. The van der Waals surface area contributed by atoms with Crippen molar-refractivity contribution < 1.29 is 14.3 Å². The fourth-order valence-electron chi connectivity index (χ4n) is 3.89. The number of halogens is 1. The molecule has 0 aliphatic carbocycles. The smallest absolute Gasteiger partial charge is 0.257 e. The summed E-state index contributed by atoms with van der Waals surface area (Å²) in [5.74, 6) is 0.0419. The minimum absolute atomic E-state index is 0.185. The molecule has 1 amide bonds. The number of hydrogen-bond acceptors (Lipinski definition) is 5. The summed E-state index contributed by atoms with van der Waals surface area (Å²) < 4.78 is 15.4. The fourth-order valence-corrected chi connectivity index (χ4v) is 3.89. The molecule has 2 aromatic heterocycles. The number of fused-ring (bicyclic) bond motifs is 1. The zero-order valence-electron chi connectivity index (χ0n) is 18.3. The number of aliphatic hydroxyl groups excluding tert-OH is 1. The molecule has 4 N–H and O–H groups in total. The maximum atomic E-state index is 13.4. The average Bonchev–Trinajstić information content (AvgIpc) is 3.09. The fraction of sp³-hybridized carbons (Fsp3) is 0.208. The lowest BCUT2D eigenvalue weighted by molar-refractivity contribution is -0.124. The summed E-state index contributed by atoms with van der Waals surface area (Å²) in [6.45, 7) is 7.70. The van der Waals surface area contributed by atoms with E-state index in [1.54, 1.807) is 12.1 Å². The molecule has 1 atom stereocenters. The van der Waals surface area contributed by atoms with Crippen molar-refractivity contribution >= 4 is 22.9 Å². The number of aryl methyl sites for hydroxylation is 4. The normalized spacial score (nSPS) is 12.2. The van der Waals surface area contributed by atoms with Crippen LogP contribution in [0.2, 0.25) is 0 Å². The largest absolute Gasteiger partial charge is 0.382 e. The second kappa shape index (κ2) is 8.05. The molecule has 0 bridgehead atoms. The number of imidazole rings is 1. The van der Waals surface area contributed by atoms with Gasteiger partial charge in [0.05, 0.1) is 5.69 Å². The third-order valence-corrected chi connectivity index (χ3v) is 5.60. The summed E-state index contributed by atoms with van der Waals surface area (Å²) in [5, 5.41) is 12.9. The first-order valence-electron chi connectivity index (χ1n) is 10.1. The Balaban J connectivity index is 1.66. The highest BCUT2D eigenvalue weighted by atomic mass is 19.1. The molecule has 0 unspecified atom stereocenters. The van der Waals surface area contributed by atoms with Crippen LogP contribution in [-0.4, -0.2) is 25.4 Å². The Morgan fingerprint density at radius 1 is 1.12 bits per heavy atom. The van der Waals surface area contributed by atoms with Crippen LogP contribution in [0.25, 0.3) is 16.8 Å². The molecular formula is C24H24FN5O2. The van der Waals surface area contributed by atoms with Gasteiger partial charge in [0, 0.05) is 16.9 Å². The van der Waals surface area contributed by atoms with E-state index in [2.05, 4.69) is 10.3 Å². The van der Waals surface area contributed by atoms with E-state index in [0.29, 0.717) is 17.2 Å². The molecule has 0 aliphatic rings. The van der Waals surface area contributed by atoms with Crippen LogP contribution in [0.1, 0.15) is 34.4 Å². The molecule has 2 heterocycles. The molecule has 0 saturated heterocycles. The highest BCUT2D eigenvalue weighted by molar-refractivity contribution is 5.95. The van der Waals surface area contributed by atoms with Crippen LogP contribution in [0, 0.1) is 33.5 Å². The van der Waals surface area contributed by atoms with E-state index < -0.39 is 17.8 Å². The lowest BCUT2D eigenvalue weighted by atomic mass is 10.0. The molecule has 0 aliphatic heterocycles. The quantitative estimate of drug-likeness (QED) is 0.451. The van der Waals surface area contributed by atoms with Crippen LogP contribution in [0.15, 0.2) is 42.5 Å². The van der Waals surface area contributed by atoms with Crippen LogP contribution in [0.3, 0.4) is 0 Å². The van der Waals surface area contributed by atoms with Gasteiger partial charge in [0.2, 0.25) is 0 Å². The van der Waals surface area contributed by atoms with Crippen LogP contribution in [-0.2, 0) is 4.79 Å². The number of hydrogen-bond donors (Lipinski definition) is 3. The lowest BCUT2D eigenvalue weighted by Crippen LogP contribution is -2.21. The Morgan fingerprint density at radius 2 is 1.88 bits per heavy atom. The molecule has 32 heavy (non-hydrogen) atoms. The summed E-state index contributed by atoms with van der Waals surface area (Å²) in [6.07, 6.45) is -1.48. The van der Waals surface area contributed by atoms with Gasteiger partial charge in [-0.05, 0) is 63.1 Å². The van der Waals surface area contributed by atoms with Crippen molar-refractivity contribution in [2.24, 2.45) is 0 Å². The molecule has 0 spiro atoms. The van der Waals surface area contributed by atoms with Crippen molar-refractivity contribution in [2.45, 2.75) is 33.8 Å². The van der Waals surface area contributed by atoms with Gasteiger partial charge in [0.25, 0.3) is 5.91 Å². The summed E-state index contributed by atoms with van der Waals surface area (Å²) >= 11 is 0. The van der Waals surface area contributed by atoms with Gasteiger partial charge in [-0.3, -0.25) is 9.20 Å². The van der Waals surface area contributed by atoms with Gasteiger partial charge < -0.3 is 16.2 Å². The molecule has 2 aromatic carbocycles. The Morgan fingerprint density at radius 3 is 2.56 bits per heavy atom. The second-order valence-corrected chi connectivity index (χ2v) is 7.84. The molecule has 164 valence electrons. The number of benzene rings is 2. The predicted octanol–water partition coefficient (Wildman–Crippen LogP) is 4.02. The summed E-state index contributed by atoms with van der Waals surface area (Å²) in [5.41, 5.74) is 11.9. The number of amides is 1. The Hall–Kier alpha value is -3.78. The van der Waals surface area contributed by atoms with Crippen LogP contribution in [0.4, 0.5) is 15.9 Å². The van der Waals surface area contributed by atoms with E-state index in [1.807, 2.05) is 38.2 Å². The van der Waals surface area contributed by atoms with Crippen molar-refractivity contribution in [3.63, 3.8) is 0 Å². The number of carbonyl (C=O) groups is 1. The lowest BCUT2D eigenvalue weighted by Gasteiger charge is -2.13. The zero-order chi connectivity index (χ0) is 23.2. The molecule has 0 fully saturated rings. The van der Waals surface area contributed by atoms with Gasteiger partial charge in [-0.1, -0.05) is 18.2 Å². The minimum Gasteiger partial charge on any atom is -0.382 e. The highest BCUT2D eigenvalue weighted by Gasteiger charge is 2.20. The number of nitrogens with one attached hydrogen (secondary N) is 1. The SMILES string of the molecule is Cc1cc(NC(=O)[C@H](O)c2cccc(F)c2)ccc1-c1nc(C)n2c(C)c(C)nc(N)c12. The number of carbonyl (C=O) groups excluding carboxylic acids is 1. The third-order valence-electron chi connectivity index (χ3n) is 5.60. The number of anilines is 2. The summed E-state index contributed by atoms with van der Waals surface area (Å²) in [4.78, 5) is 21.6.